The van der Waals surface area contributed by atoms with Crippen molar-refractivity contribution in [3.05, 3.63) is 0 Å². The summed E-state index contributed by atoms with van der Waals surface area (Å²) in [6.07, 6.45) is 25.8. The first kappa shape index (κ1) is 26.9. The van der Waals surface area contributed by atoms with Crippen molar-refractivity contribution in [2.45, 2.75) is 161 Å². The van der Waals surface area contributed by atoms with Crippen molar-refractivity contribution in [2.24, 2.45) is 0 Å². The van der Waals surface area contributed by atoms with Crippen molar-refractivity contribution in [3.8, 4) is 0 Å². The van der Waals surface area contributed by atoms with Crippen molar-refractivity contribution in [1.82, 2.24) is 0 Å². The maximum atomic E-state index is 10.1. The minimum Gasteiger partial charge on any atom is -0.393 e. The van der Waals surface area contributed by atoms with Gasteiger partial charge in [0.2, 0.25) is 0 Å². The molecule has 0 bridgehead atoms. The zero-order valence-electron chi connectivity index (χ0n) is 18.9. The summed E-state index contributed by atoms with van der Waals surface area (Å²) in [5.41, 5.74) is 0. The number of hydrogen-bond donors (Lipinski definition) is 2. The molecule has 27 heavy (non-hydrogen) atoms. The molecule has 0 aliphatic rings. The first-order valence-electron chi connectivity index (χ1n) is 12.6. The van der Waals surface area contributed by atoms with Gasteiger partial charge in [-0.25, -0.2) is 0 Å². The molecule has 2 N–H and O–H groups in total. The molecule has 0 spiro atoms. The van der Waals surface area contributed by atoms with Gasteiger partial charge in [0.15, 0.2) is 0 Å². The van der Waals surface area contributed by atoms with Crippen LogP contribution in [0.15, 0.2) is 0 Å². The second kappa shape index (κ2) is 22.2. The molecule has 0 saturated carbocycles. The topological polar surface area (TPSA) is 40.5 Å². The van der Waals surface area contributed by atoms with Crippen LogP contribution in [0, 0.1) is 0 Å². The second-order valence-electron chi connectivity index (χ2n) is 8.77. The predicted molar refractivity (Wildman–Crippen MR) is 120 cm³/mol. The summed E-state index contributed by atoms with van der Waals surface area (Å²) in [6.45, 7) is 4.45. The molecule has 0 aromatic heterocycles. The van der Waals surface area contributed by atoms with E-state index in [1.54, 1.807) is 0 Å². The van der Waals surface area contributed by atoms with Gasteiger partial charge in [0.25, 0.3) is 0 Å². The van der Waals surface area contributed by atoms with Gasteiger partial charge in [0.05, 0.1) is 12.2 Å². The van der Waals surface area contributed by atoms with Crippen molar-refractivity contribution < 1.29 is 10.2 Å². The molecule has 0 aromatic carbocycles. The SMILES string of the molecule is CCCCCCCCCCCCCCCC(O)CCCCC(O)CCCC. The van der Waals surface area contributed by atoms with Gasteiger partial charge in [-0.1, -0.05) is 123 Å². The van der Waals surface area contributed by atoms with Gasteiger partial charge >= 0.3 is 0 Å². The predicted octanol–water partition coefficient (Wildman–Crippen LogP) is 7.94. The van der Waals surface area contributed by atoms with E-state index in [0.29, 0.717) is 0 Å². The normalized spacial score (nSPS) is 13.8. The van der Waals surface area contributed by atoms with Crippen LogP contribution in [-0.4, -0.2) is 22.4 Å². The molecule has 2 heteroatoms. The molecule has 0 rings (SSSR count). The summed E-state index contributed by atoms with van der Waals surface area (Å²) in [6, 6.07) is 0. The quantitative estimate of drug-likeness (QED) is 0.186. The summed E-state index contributed by atoms with van der Waals surface area (Å²) >= 11 is 0. The first-order chi connectivity index (χ1) is 13.2. The van der Waals surface area contributed by atoms with Gasteiger partial charge in [-0.15, -0.1) is 0 Å². The fourth-order valence-electron chi connectivity index (χ4n) is 3.89. The average molecular weight is 385 g/mol. The lowest BCUT2D eigenvalue weighted by atomic mass is 10.0. The highest BCUT2D eigenvalue weighted by molar-refractivity contribution is 4.60. The Bertz CT molecular complexity index is 267. The Morgan fingerprint density at radius 2 is 0.630 bits per heavy atom. The molecule has 0 heterocycles. The fourth-order valence-corrected chi connectivity index (χ4v) is 3.89. The molecule has 2 nitrogen and oxygen atoms in total. The Kier molecular flexibility index (Phi) is 22.1. The second-order valence-corrected chi connectivity index (χ2v) is 8.77. The minimum atomic E-state index is -0.122. The van der Waals surface area contributed by atoms with Crippen molar-refractivity contribution in [1.29, 1.82) is 0 Å². The highest BCUT2D eigenvalue weighted by Gasteiger charge is 2.06. The summed E-state index contributed by atoms with van der Waals surface area (Å²) in [4.78, 5) is 0. The fraction of sp³-hybridized carbons (Fsp3) is 1.00. The van der Waals surface area contributed by atoms with Crippen LogP contribution in [-0.2, 0) is 0 Å². The highest BCUT2D eigenvalue weighted by atomic mass is 16.3. The summed E-state index contributed by atoms with van der Waals surface area (Å²) in [5, 5.41) is 19.9. The third-order valence-electron chi connectivity index (χ3n) is 5.86. The largest absolute Gasteiger partial charge is 0.393 e. The lowest BCUT2D eigenvalue weighted by molar-refractivity contribution is 0.132. The van der Waals surface area contributed by atoms with E-state index in [0.717, 1.165) is 51.4 Å². The zero-order chi connectivity index (χ0) is 20.0. The Morgan fingerprint density at radius 1 is 0.370 bits per heavy atom. The van der Waals surface area contributed by atoms with Gasteiger partial charge in [0, 0.05) is 0 Å². The Morgan fingerprint density at radius 3 is 1.00 bits per heavy atom. The average Bonchev–Trinajstić information content (AvgIpc) is 2.67. The van der Waals surface area contributed by atoms with Crippen LogP contribution < -0.4 is 0 Å². The van der Waals surface area contributed by atoms with E-state index in [1.165, 1.54) is 83.5 Å². The monoisotopic (exact) mass is 384 g/mol. The standard InChI is InChI=1S/C25H52O2/c1-3-5-7-8-9-10-11-12-13-14-15-16-17-21-25(27)23-19-18-22-24(26)20-6-4-2/h24-27H,3-23H2,1-2H3. The molecule has 0 aliphatic carbocycles. The zero-order valence-corrected chi connectivity index (χ0v) is 18.9. The van der Waals surface area contributed by atoms with Crippen LogP contribution >= 0.6 is 0 Å². The van der Waals surface area contributed by atoms with Gasteiger partial charge in [-0.3, -0.25) is 0 Å². The molecule has 0 fully saturated rings. The molecule has 0 amide bonds. The number of unbranched alkanes of at least 4 members (excludes halogenated alkanes) is 14. The van der Waals surface area contributed by atoms with Crippen LogP contribution in [0.25, 0.3) is 0 Å². The van der Waals surface area contributed by atoms with Crippen molar-refractivity contribution in [3.63, 3.8) is 0 Å². The summed E-state index contributed by atoms with van der Waals surface area (Å²) in [7, 11) is 0. The molecule has 164 valence electrons. The van der Waals surface area contributed by atoms with Crippen LogP contribution in [0.1, 0.15) is 149 Å². The van der Waals surface area contributed by atoms with E-state index in [-0.39, 0.29) is 12.2 Å². The Hall–Kier alpha value is -0.0800. The number of aliphatic hydroxyl groups is 2. The third kappa shape index (κ3) is 22.1. The molecule has 2 atom stereocenters. The molecule has 0 radical (unpaired) electrons. The Balaban J connectivity index is 3.19. The molecular formula is C25H52O2. The summed E-state index contributed by atoms with van der Waals surface area (Å²) < 4.78 is 0. The van der Waals surface area contributed by atoms with E-state index in [9.17, 15) is 10.2 Å². The van der Waals surface area contributed by atoms with Crippen LogP contribution in [0.4, 0.5) is 0 Å². The van der Waals surface area contributed by atoms with E-state index in [2.05, 4.69) is 13.8 Å². The lowest BCUT2D eigenvalue weighted by Gasteiger charge is -2.12. The van der Waals surface area contributed by atoms with Gasteiger partial charge in [-0.05, 0) is 25.7 Å². The molecule has 2 unspecified atom stereocenters. The van der Waals surface area contributed by atoms with E-state index in [1.807, 2.05) is 0 Å². The van der Waals surface area contributed by atoms with E-state index < -0.39 is 0 Å². The molecular weight excluding hydrogens is 332 g/mol. The van der Waals surface area contributed by atoms with Crippen LogP contribution in [0.2, 0.25) is 0 Å². The highest BCUT2D eigenvalue weighted by Crippen LogP contribution is 2.16. The van der Waals surface area contributed by atoms with Crippen LogP contribution in [0.5, 0.6) is 0 Å². The lowest BCUT2D eigenvalue weighted by Crippen LogP contribution is -2.08. The smallest absolute Gasteiger partial charge is 0.0540 e. The number of aliphatic hydroxyl groups excluding tert-OH is 2. The third-order valence-corrected chi connectivity index (χ3v) is 5.86. The maximum Gasteiger partial charge on any atom is 0.0540 e. The van der Waals surface area contributed by atoms with Crippen molar-refractivity contribution in [2.75, 3.05) is 0 Å². The number of rotatable bonds is 22. The minimum absolute atomic E-state index is 0.120. The molecule has 0 aromatic rings. The van der Waals surface area contributed by atoms with Crippen LogP contribution in [0.3, 0.4) is 0 Å². The summed E-state index contributed by atoms with van der Waals surface area (Å²) in [5.74, 6) is 0. The van der Waals surface area contributed by atoms with Crippen molar-refractivity contribution >= 4 is 0 Å². The number of hydrogen-bond acceptors (Lipinski definition) is 2. The first-order valence-corrected chi connectivity index (χ1v) is 12.6. The van der Waals surface area contributed by atoms with Gasteiger partial charge in [-0.2, -0.15) is 0 Å². The van der Waals surface area contributed by atoms with Gasteiger partial charge in [0.1, 0.15) is 0 Å². The van der Waals surface area contributed by atoms with Gasteiger partial charge < -0.3 is 10.2 Å². The van der Waals surface area contributed by atoms with E-state index >= 15 is 0 Å². The molecule has 0 saturated heterocycles. The maximum absolute atomic E-state index is 10.1. The van der Waals surface area contributed by atoms with E-state index in [4.69, 9.17) is 0 Å². The molecule has 0 aliphatic heterocycles. The Labute approximate surface area is 171 Å².